The Balaban J connectivity index is 1.38. The largest absolute Gasteiger partial charge is 0.349 e. The molecule has 180 valence electrons. The zero-order chi connectivity index (χ0) is 23.8. The highest BCUT2D eigenvalue weighted by atomic mass is 16.2. The molecule has 1 saturated heterocycles. The first-order valence-electron chi connectivity index (χ1n) is 12.6. The Morgan fingerprint density at radius 2 is 2.09 bits per heavy atom. The van der Waals surface area contributed by atoms with Gasteiger partial charge in [0.15, 0.2) is 5.78 Å². The first-order valence-corrected chi connectivity index (χ1v) is 12.6. The Morgan fingerprint density at radius 1 is 1.24 bits per heavy atom. The molecule has 1 aliphatic heterocycles. The van der Waals surface area contributed by atoms with Gasteiger partial charge in [-0.05, 0) is 62.1 Å². The molecule has 5 atom stereocenters. The van der Waals surface area contributed by atoms with Crippen molar-refractivity contribution in [1.29, 1.82) is 0 Å². The normalized spacial score (nSPS) is 27.2. The molecule has 0 radical (unpaired) electrons. The van der Waals surface area contributed by atoms with Crippen molar-refractivity contribution in [3.63, 3.8) is 0 Å². The minimum atomic E-state index is -0.681. The Bertz CT molecular complexity index is 1090. The Morgan fingerprint density at radius 3 is 2.82 bits per heavy atom. The van der Waals surface area contributed by atoms with Gasteiger partial charge in [-0.15, -0.1) is 0 Å². The van der Waals surface area contributed by atoms with Gasteiger partial charge < -0.3 is 15.2 Å². The molecule has 8 nitrogen and oxygen atoms in total. The summed E-state index contributed by atoms with van der Waals surface area (Å²) in [6.07, 6.45) is 7.46. The van der Waals surface area contributed by atoms with Crippen LogP contribution < -0.4 is 5.32 Å². The minimum Gasteiger partial charge on any atom is -0.349 e. The van der Waals surface area contributed by atoms with Crippen LogP contribution >= 0.6 is 0 Å². The number of ketones is 2. The molecule has 0 spiro atoms. The molecule has 2 saturated carbocycles. The molecule has 2 N–H and O–H groups in total. The fourth-order valence-electron chi connectivity index (χ4n) is 6.27. The smallest absolute Gasteiger partial charge is 0.271 e. The van der Waals surface area contributed by atoms with E-state index in [-0.39, 0.29) is 35.2 Å². The van der Waals surface area contributed by atoms with Crippen LogP contribution in [0.25, 0.3) is 11.0 Å². The predicted octanol–water partition coefficient (Wildman–Crippen LogP) is 3.03. The van der Waals surface area contributed by atoms with Crippen LogP contribution in [0.1, 0.15) is 68.8 Å². The predicted molar refractivity (Wildman–Crippen MR) is 126 cm³/mol. The van der Waals surface area contributed by atoms with Gasteiger partial charge in [-0.25, -0.2) is 0 Å². The van der Waals surface area contributed by atoms with Crippen LogP contribution in [0.15, 0.2) is 24.4 Å². The van der Waals surface area contributed by atoms with E-state index >= 15 is 0 Å². The Kier molecular flexibility index (Phi) is 6.23. The van der Waals surface area contributed by atoms with Crippen LogP contribution in [0.4, 0.5) is 0 Å². The monoisotopic (exact) mass is 464 g/mol. The molecule has 2 amide bonds. The van der Waals surface area contributed by atoms with Crippen LogP contribution in [-0.4, -0.2) is 56.9 Å². The molecule has 2 aromatic heterocycles. The summed E-state index contributed by atoms with van der Waals surface area (Å²) < 4.78 is 0. The molecule has 2 aromatic rings. The summed E-state index contributed by atoms with van der Waals surface area (Å²) in [5.74, 6) is -0.139. The van der Waals surface area contributed by atoms with Gasteiger partial charge in [-0.2, -0.15) is 0 Å². The molecule has 0 aromatic carbocycles. The summed E-state index contributed by atoms with van der Waals surface area (Å²) in [6, 6.07) is 4.12. The lowest BCUT2D eigenvalue weighted by molar-refractivity contribution is -0.131. The van der Waals surface area contributed by atoms with Gasteiger partial charge in [-0.3, -0.25) is 24.2 Å². The van der Waals surface area contributed by atoms with Gasteiger partial charge in [0.25, 0.3) is 5.91 Å². The minimum absolute atomic E-state index is 0.0615. The van der Waals surface area contributed by atoms with Crippen molar-refractivity contribution in [3.05, 3.63) is 30.1 Å². The van der Waals surface area contributed by atoms with Crippen molar-refractivity contribution >= 4 is 34.4 Å². The fourth-order valence-corrected chi connectivity index (χ4v) is 6.27. The number of Topliss-reactive ketones (excluding diaryl/α,β-unsaturated/α-hetero) is 2. The van der Waals surface area contributed by atoms with E-state index in [4.69, 9.17) is 0 Å². The summed E-state index contributed by atoms with van der Waals surface area (Å²) in [5, 5.41) is 2.98. The molecular weight excluding hydrogens is 432 g/mol. The summed E-state index contributed by atoms with van der Waals surface area (Å²) in [7, 11) is 0. The lowest BCUT2D eigenvalue weighted by Gasteiger charge is -2.29. The molecule has 5 unspecified atom stereocenters. The molecule has 34 heavy (non-hydrogen) atoms. The number of likely N-dealkylation sites (tertiary alicyclic amines) is 1. The first kappa shape index (κ1) is 22.7. The molecule has 3 fully saturated rings. The summed E-state index contributed by atoms with van der Waals surface area (Å²) in [6.45, 7) is 2.32. The number of aromatic amines is 1. The number of pyridine rings is 1. The van der Waals surface area contributed by atoms with Crippen LogP contribution in [-0.2, 0) is 14.4 Å². The maximum atomic E-state index is 13.6. The van der Waals surface area contributed by atoms with Crippen LogP contribution in [0, 0.1) is 17.8 Å². The second-order valence-electron chi connectivity index (χ2n) is 10.0. The quantitative estimate of drug-likeness (QED) is 0.654. The van der Waals surface area contributed by atoms with Gasteiger partial charge in [0.2, 0.25) is 5.91 Å². The van der Waals surface area contributed by atoms with E-state index in [9.17, 15) is 19.2 Å². The average Bonchev–Trinajstić information content (AvgIpc) is 3.61. The maximum Gasteiger partial charge on any atom is 0.271 e. The highest BCUT2D eigenvalue weighted by Gasteiger charge is 2.50. The molecule has 0 bridgehead atoms. The second kappa shape index (κ2) is 9.31. The summed E-state index contributed by atoms with van der Waals surface area (Å²) in [4.78, 5) is 61.2. The average molecular weight is 465 g/mol. The third kappa shape index (κ3) is 4.14. The van der Waals surface area contributed by atoms with Crippen molar-refractivity contribution in [3.8, 4) is 0 Å². The van der Waals surface area contributed by atoms with Gasteiger partial charge in [-0.1, -0.05) is 13.3 Å². The maximum absolute atomic E-state index is 13.6. The number of hydrogen-bond donors (Lipinski definition) is 2. The molecule has 2 aliphatic carbocycles. The van der Waals surface area contributed by atoms with Crippen LogP contribution in [0.2, 0.25) is 0 Å². The van der Waals surface area contributed by atoms with Crippen molar-refractivity contribution in [1.82, 2.24) is 20.2 Å². The van der Waals surface area contributed by atoms with Crippen molar-refractivity contribution in [2.75, 3.05) is 6.54 Å². The van der Waals surface area contributed by atoms with E-state index in [1.54, 1.807) is 24.1 Å². The van der Waals surface area contributed by atoms with Crippen molar-refractivity contribution in [2.45, 2.75) is 70.4 Å². The Hall–Kier alpha value is -3.03. The number of amides is 2. The van der Waals surface area contributed by atoms with Gasteiger partial charge >= 0.3 is 0 Å². The SMILES string of the molecule is CCC(=O)C(CC1CCCC1=O)NC(=O)C1C2CCCC2CN1C(=O)c1cc2ncccc2[nH]1. The number of carbonyl (C=O) groups is 4. The van der Waals surface area contributed by atoms with E-state index in [0.29, 0.717) is 42.9 Å². The highest BCUT2D eigenvalue weighted by molar-refractivity contribution is 6.00. The van der Waals surface area contributed by atoms with E-state index in [1.807, 2.05) is 12.1 Å². The fraction of sp³-hybridized carbons (Fsp3) is 0.577. The molecule has 5 rings (SSSR count). The lowest BCUT2D eigenvalue weighted by atomic mass is 9.91. The van der Waals surface area contributed by atoms with Gasteiger partial charge in [0.05, 0.1) is 17.1 Å². The third-order valence-electron chi connectivity index (χ3n) is 8.04. The van der Waals surface area contributed by atoms with E-state index < -0.39 is 12.1 Å². The van der Waals surface area contributed by atoms with Gasteiger partial charge in [0.1, 0.15) is 17.5 Å². The van der Waals surface area contributed by atoms with Crippen LogP contribution in [0.5, 0.6) is 0 Å². The Labute approximate surface area is 198 Å². The van der Waals surface area contributed by atoms with E-state index in [0.717, 1.165) is 37.6 Å². The number of rotatable bonds is 7. The topological polar surface area (TPSA) is 112 Å². The third-order valence-corrected chi connectivity index (χ3v) is 8.04. The number of fused-ring (bicyclic) bond motifs is 2. The number of hydrogen-bond acceptors (Lipinski definition) is 5. The summed E-state index contributed by atoms with van der Waals surface area (Å²) in [5.41, 5.74) is 1.91. The zero-order valence-electron chi connectivity index (χ0n) is 19.6. The lowest BCUT2D eigenvalue weighted by Crippen LogP contribution is -2.53. The number of H-pyrrole nitrogens is 1. The standard InChI is InChI=1S/C26H32N4O4/c1-2-22(31)20(12-15-6-4-10-23(15)32)29-25(33)24-17-8-3-7-16(17)14-30(24)26(34)21-13-19-18(28-21)9-5-11-27-19/h5,9,11,13,15-17,20,24,28H,2-4,6-8,10,12,14H2,1H3,(H,29,33). The second-order valence-corrected chi connectivity index (χ2v) is 10.0. The number of aromatic nitrogens is 2. The van der Waals surface area contributed by atoms with Crippen molar-refractivity contribution < 1.29 is 19.2 Å². The molecule has 3 heterocycles. The number of nitrogens with one attached hydrogen (secondary N) is 2. The van der Waals surface area contributed by atoms with E-state index in [2.05, 4.69) is 15.3 Å². The number of nitrogens with zero attached hydrogens (tertiary/aromatic N) is 2. The van der Waals surface area contributed by atoms with Crippen molar-refractivity contribution in [2.24, 2.45) is 17.8 Å². The molecule has 3 aliphatic rings. The van der Waals surface area contributed by atoms with E-state index in [1.165, 1.54) is 0 Å². The first-order chi connectivity index (χ1) is 16.5. The van der Waals surface area contributed by atoms with Crippen LogP contribution in [0.3, 0.4) is 0 Å². The zero-order valence-corrected chi connectivity index (χ0v) is 19.6. The number of carbonyl (C=O) groups excluding carboxylic acids is 4. The molecular formula is C26H32N4O4. The summed E-state index contributed by atoms with van der Waals surface area (Å²) >= 11 is 0. The molecule has 8 heteroatoms. The highest BCUT2D eigenvalue weighted by Crippen LogP contribution is 2.43. The van der Waals surface area contributed by atoms with Gasteiger partial charge in [0, 0.05) is 31.5 Å².